The SMILES string of the molecule is COCCCNC(=S)Nc1nn(Cc2ccc(F)cc2)cc1Br. The van der Waals surface area contributed by atoms with Crippen LogP contribution in [0.2, 0.25) is 0 Å². The third-order valence-electron chi connectivity index (χ3n) is 3.02. The van der Waals surface area contributed by atoms with E-state index >= 15 is 0 Å². The lowest BCUT2D eigenvalue weighted by Gasteiger charge is -2.08. The summed E-state index contributed by atoms with van der Waals surface area (Å²) in [6.07, 6.45) is 2.72. The topological polar surface area (TPSA) is 51.1 Å². The fourth-order valence-electron chi connectivity index (χ4n) is 1.91. The van der Waals surface area contributed by atoms with E-state index in [4.69, 9.17) is 17.0 Å². The number of anilines is 1. The first kappa shape index (κ1) is 17.8. The van der Waals surface area contributed by atoms with Crippen molar-refractivity contribution in [3.05, 3.63) is 46.3 Å². The molecule has 0 aliphatic rings. The van der Waals surface area contributed by atoms with Crippen molar-refractivity contribution in [3.63, 3.8) is 0 Å². The number of thiocarbonyl (C=S) groups is 1. The molecule has 2 aromatic rings. The second kappa shape index (κ2) is 8.95. The van der Waals surface area contributed by atoms with E-state index in [-0.39, 0.29) is 5.82 Å². The molecule has 0 fully saturated rings. The van der Waals surface area contributed by atoms with Gasteiger partial charge in [0.2, 0.25) is 0 Å². The van der Waals surface area contributed by atoms with Crippen molar-refractivity contribution >= 4 is 39.1 Å². The van der Waals surface area contributed by atoms with Crippen LogP contribution in [-0.2, 0) is 11.3 Å². The zero-order valence-electron chi connectivity index (χ0n) is 12.7. The number of methoxy groups -OCH3 is 1. The Labute approximate surface area is 148 Å². The molecular formula is C15H18BrFN4OS. The van der Waals surface area contributed by atoms with E-state index in [2.05, 4.69) is 31.7 Å². The summed E-state index contributed by atoms with van der Waals surface area (Å²) in [6.45, 7) is 1.97. The zero-order valence-corrected chi connectivity index (χ0v) is 15.1. The molecule has 0 bridgehead atoms. The number of hydrogen-bond donors (Lipinski definition) is 2. The van der Waals surface area contributed by atoms with Gasteiger partial charge in [0.05, 0.1) is 11.0 Å². The van der Waals surface area contributed by atoms with E-state index in [1.54, 1.807) is 23.9 Å². The molecule has 2 N–H and O–H groups in total. The Morgan fingerprint density at radius 1 is 1.39 bits per heavy atom. The lowest BCUT2D eigenvalue weighted by molar-refractivity contribution is 0.196. The summed E-state index contributed by atoms with van der Waals surface area (Å²) in [7, 11) is 1.67. The van der Waals surface area contributed by atoms with Gasteiger partial charge in [-0.25, -0.2) is 4.39 Å². The van der Waals surface area contributed by atoms with E-state index < -0.39 is 0 Å². The van der Waals surface area contributed by atoms with Crippen LogP contribution in [0.1, 0.15) is 12.0 Å². The number of nitrogens with one attached hydrogen (secondary N) is 2. The molecule has 0 spiro atoms. The minimum absolute atomic E-state index is 0.248. The van der Waals surface area contributed by atoms with Gasteiger partial charge < -0.3 is 15.4 Å². The molecule has 0 unspecified atom stereocenters. The summed E-state index contributed by atoms with van der Waals surface area (Å²) in [5, 5.41) is 11.1. The Morgan fingerprint density at radius 3 is 2.83 bits per heavy atom. The summed E-state index contributed by atoms with van der Waals surface area (Å²) >= 11 is 8.67. The Kier molecular flexibility index (Phi) is 6.94. The molecule has 124 valence electrons. The maximum absolute atomic E-state index is 12.9. The second-order valence-electron chi connectivity index (χ2n) is 4.88. The van der Waals surface area contributed by atoms with Crippen molar-refractivity contribution in [2.24, 2.45) is 0 Å². The van der Waals surface area contributed by atoms with Crippen LogP contribution < -0.4 is 10.6 Å². The van der Waals surface area contributed by atoms with Gasteiger partial charge in [-0.1, -0.05) is 12.1 Å². The summed E-state index contributed by atoms with van der Waals surface area (Å²) in [5.74, 6) is 0.388. The largest absolute Gasteiger partial charge is 0.385 e. The third-order valence-corrected chi connectivity index (χ3v) is 3.84. The number of benzene rings is 1. The van der Waals surface area contributed by atoms with Crippen molar-refractivity contribution < 1.29 is 9.13 Å². The van der Waals surface area contributed by atoms with E-state index in [0.29, 0.717) is 24.1 Å². The average Bonchev–Trinajstić information content (AvgIpc) is 2.86. The maximum Gasteiger partial charge on any atom is 0.172 e. The van der Waals surface area contributed by atoms with E-state index in [1.165, 1.54) is 12.1 Å². The molecule has 2 rings (SSSR count). The molecule has 5 nitrogen and oxygen atoms in total. The van der Waals surface area contributed by atoms with Crippen LogP contribution in [0.25, 0.3) is 0 Å². The molecule has 1 aromatic carbocycles. The third kappa shape index (κ3) is 5.89. The smallest absolute Gasteiger partial charge is 0.172 e. The van der Waals surface area contributed by atoms with Crippen molar-refractivity contribution in [1.29, 1.82) is 0 Å². The highest BCUT2D eigenvalue weighted by atomic mass is 79.9. The van der Waals surface area contributed by atoms with Crippen molar-refractivity contribution in [2.75, 3.05) is 25.6 Å². The molecule has 0 atom stereocenters. The minimum Gasteiger partial charge on any atom is -0.385 e. The van der Waals surface area contributed by atoms with Crippen LogP contribution in [0.4, 0.5) is 10.2 Å². The first-order valence-corrected chi connectivity index (χ1v) is 8.30. The predicted octanol–water partition coefficient (Wildman–Crippen LogP) is 3.16. The van der Waals surface area contributed by atoms with Gasteiger partial charge >= 0.3 is 0 Å². The highest BCUT2D eigenvalue weighted by Gasteiger charge is 2.08. The lowest BCUT2D eigenvalue weighted by atomic mass is 10.2. The van der Waals surface area contributed by atoms with Crippen LogP contribution in [0, 0.1) is 5.82 Å². The van der Waals surface area contributed by atoms with Gasteiger partial charge in [0.15, 0.2) is 10.9 Å². The Morgan fingerprint density at radius 2 is 2.13 bits per heavy atom. The van der Waals surface area contributed by atoms with Crippen LogP contribution in [0.15, 0.2) is 34.9 Å². The number of ether oxygens (including phenoxy) is 1. The van der Waals surface area contributed by atoms with Crippen molar-refractivity contribution in [2.45, 2.75) is 13.0 Å². The second-order valence-corrected chi connectivity index (χ2v) is 6.14. The number of aromatic nitrogens is 2. The fraction of sp³-hybridized carbons (Fsp3) is 0.333. The van der Waals surface area contributed by atoms with Crippen LogP contribution >= 0.6 is 28.1 Å². The van der Waals surface area contributed by atoms with E-state index in [9.17, 15) is 4.39 Å². The van der Waals surface area contributed by atoms with E-state index in [0.717, 1.165) is 23.0 Å². The average molecular weight is 401 g/mol. The highest BCUT2D eigenvalue weighted by Crippen LogP contribution is 2.20. The summed E-state index contributed by atoms with van der Waals surface area (Å²) in [4.78, 5) is 0. The molecule has 1 aromatic heterocycles. The molecule has 0 saturated carbocycles. The molecule has 0 aliphatic heterocycles. The predicted molar refractivity (Wildman–Crippen MR) is 96.1 cm³/mol. The van der Waals surface area contributed by atoms with Gasteiger partial charge in [0, 0.05) is 26.5 Å². The van der Waals surface area contributed by atoms with Gasteiger partial charge in [0.25, 0.3) is 0 Å². The minimum atomic E-state index is -0.248. The van der Waals surface area contributed by atoms with Gasteiger partial charge in [-0.2, -0.15) is 5.10 Å². The van der Waals surface area contributed by atoms with Gasteiger partial charge in [-0.05, 0) is 52.3 Å². The van der Waals surface area contributed by atoms with Gasteiger partial charge in [0.1, 0.15) is 5.82 Å². The number of hydrogen-bond acceptors (Lipinski definition) is 3. The number of rotatable bonds is 7. The lowest BCUT2D eigenvalue weighted by Crippen LogP contribution is -2.30. The van der Waals surface area contributed by atoms with Gasteiger partial charge in [-0.15, -0.1) is 0 Å². The van der Waals surface area contributed by atoms with Crippen molar-refractivity contribution in [3.8, 4) is 0 Å². The Hall–Kier alpha value is -1.51. The van der Waals surface area contributed by atoms with Crippen LogP contribution in [-0.4, -0.2) is 35.2 Å². The first-order valence-electron chi connectivity index (χ1n) is 7.09. The molecule has 23 heavy (non-hydrogen) atoms. The first-order chi connectivity index (χ1) is 11.1. The zero-order chi connectivity index (χ0) is 16.7. The van der Waals surface area contributed by atoms with Gasteiger partial charge in [-0.3, -0.25) is 4.68 Å². The number of nitrogens with zero attached hydrogens (tertiary/aromatic N) is 2. The normalized spacial score (nSPS) is 10.6. The highest BCUT2D eigenvalue weighted by molar-refractivity contribution is 9.10. The molecule has 1 heterocycles. The molecule has 0 amide bonds. The summed E-state index contributed by atoms with van der Waals surface area (Å²) in [5.41, 5.74) is 0.966. The number of halogens is 2. The quantitative estimate of drug-likeness (QED) is 0.552. The molecule has 0 aliphatic carbocycles. The summed E-state index contributed by atoms with van der Waals surface area (Å²) in [6, 6.07) is 6.35. The Bertz CT molecular complexity index is 647. The molecule has 0 saturated heterocycles. The standard InChI is InChI=1S/C15H18BrFN4OS/c1-22-8-2-7-18-15(23)19-14-13(16)10-21(20-14)9-11-3-5-12(17)6-4-11/h3-6,10H,2,7-9H2,1H3,(H2,18,19,20,23). The molecular weight excluding hydrogens is 383 g/mol. The van der Waals surface area contributed by atoms with Crippen LogP contribution in [0.5, 0.6) is 0 Å². The maximum atomic E-state index is 12.9. The fourth-order valence-corrected chi connectivity index (χ4v) is 2.52. The molecule has 8 heteroatoms. The monoisotopic (exact) mass is 400 g/mol. The summed E-state index contributed by atoms with van der Waals surface area (Å²) < 4.78 is 20.5. The van der Waals surface area contributed by atoms with E-state index in [1.807, 2.05) is 6.20 Å². The van der Waals surface area contributed by atoms with Crippen molar-refractivity contribution in [1.82, 2.24) is 15.1 Å². The Balaban J connectivity index is 1.90. The van der Waals surface area contributed by atoms with Crippen LogP contribution in [0.3, 0.4) is 0 Å². The molecule has 0 radical (unpaired) electrons.